The SMILES string of the molecule is CN(Cc1ccccc1)C(=O)C1=NOC2(CCNC2)C1. The van der Waals surface area contributed by atoms with Gasteiger partial charge in [-0.1, -0.05) is 35.5 Å². The van der Waals surface area contributed by atoms with Crippen LogP contribution < -0.4 is 5.32 Å². The second-order valence-corrected chi connectivity index (χ2v) is 5.56. The lowest BCUT2D eigenvalue weighted by molar-refractivity contribution is -0.123. The Bertz CT molecular complexity index is 521. The predicted octanol–water partition coefficient (Wildman–Crippen LogP) is 1.15. The number of amides is 1. The highest BCUT2D eigenvalue weighted by molar-refractivity contribution is 6.39. The second kappa shape index (κ2) is 5.25. The minimum atomic E-state index is -0.279. The molecule has 0 bridgehead atoms. The Morgan fingerprint density at radius 3 is 2.95 bits per heavy atom. The van der Waals surface area contributed by atoms with E-state index in [4.69, 9.17) is 4.84 Å². The summed E-state index contributed by atoms with van der Waals surface area (Å²) < 4.78 is 0. The molecule has 0 saturated carbocycles. The largest absolute Gasteiger partial charge is 0.387 e. The Labute approximate surface area is 118 Å². The van der Waals surface area contributed by atoms with Gasteiger partial charge in [0.15, 0.2) is 5.60 Å². The molecule has 0 radical (unpaired) electrons. The van der Waals surface area contributed by atoms with Crippen LogP contribution in [0.3, 0.4) is 0 Å². The first-order valence-electron chi connectivity index (χ1n) is 6.94. The van der Waals surface area contributed by atoms with Crippen molar-refractivity contribution in [3.05, 3.63) is 35.9 Å². The van der Waals surface area contributed by atoms with Crippen molar-refractivity contribution >= 4 is 11.6 Å². The molecule has 0 aliphatic carbocycles. The Balaban J connectivity index is 1.62. The zero-order valence-corrected chi connectivity index (χ0v) is 11.6. The van der Waals surface area contributed by atoms with Crippen LogP contribution in [0, 0.1) is 0 Å². The van der Waals surface area contributed by atoms with Crippen LogP contribution in [-0.2, 0) is 16.2 Å². The van der Waals surface area contributed by atoms with E-state index in [1.807, 2.05) is 30.3 Å². The van der Waals surface area contributed by atoms with Gasteiger partial charge in [0.05, 0.1) is 0 Å². The van der Waals surface area contributed by atoms with Gasteiger partial charge in [0.25, 0.3) is 5.91 Å². The van der Waals surface area contributed by atoms with Crippen LogP contribution >= 0.6 is 0 Å². The Morgan fingerprint density at radius 2 is 2.25 bits per heavy atom. The first kappa shape index (κ1) is 13.1. The molecule has 1 aromatic rings. The van der Waals surface area contributed by atoms with Gasteiger partial charge >= 0.3 is 0 Å². The molecule has 1 atom stereocenters. The van der Waals surface area contributed by atoms with E-state index in [1.165, 1.54) is 0 Å². The number of nitrogens with one attached hydrogen (secondary N) is 1. The summed E-state index contributed by atoms with van der Waals surface area (Å²) >= 11 is 0. The normalized spacial score (nSPS) is 24.6. The zero-order chi connectivity index (χ0) is 14.0. The molecule has 1 fully saturated rings. The molecule has 2 heterocycles. The Morgan fingerprint density at radius 1 is 1.45 bits per heavy atom. The monoisotopic (exact) mass is 273 g/mol. The smallest absolute Gasteiger partial charge is 0.271 e. The summed E-state index contributed by atoms with van der Waals surface area (Å²) in [7, 11) is 1.80. The highest BCUT2D eigenvalue weighted by Gasteiger charge is 2.44. The van der Waals surface area contributed by atoms with Gasteiger partial charge in [-0.05, 0) is 12.1 Å². The minimum Gasteiger partial charge on any atom is -0.387 e. The molecule has 1 spiro atoms. The van der Waals surface area contributed by atoms with E-state index in [0.29, 0.717) is 18.7 Å². The summed E-state index contributed by atoms with van der Waals surface area (Å²) in [5.41, 5.74) is 1.37. The summed E-state index contributed by atoms with van der Waals surface area (Å²) in [6.07, 6.45) is 1.52. The van der Waals surface area contributed by atoms with Crippen LogP contribution in [0.25, 0.3) is 0 Å². The van der Waals surface area contributed by atoms with Gasteiger partial charge in [-0.25, -0.2) is 0 Å². The number of hydrogen-bond acceptors (Lipinski definition) is 4. The van der Waals surface area contributed by atoms with Gasteiger partial charge in [0.2, 0.25) is 0 Å². The van der Waals surface area contributed by atoms with Gasteiger partial charge in [0, 0.05) is 33.0 Å². The van der Waals surface area contributed by atoms with Crippen LogP contribution in [0.4, 0.5) is 0 Å². The lowest BCUT2D eigenvalue weighted by Gasteiger charge is -2.19. The van der Waals surface area contributed by atoms with Gasteiger partial charge in [-0.2, -0.15) is 0 Å². The molecule has 1 amide bonds. The van der Waals surface area contributed by atoms with Crippen molar-refractivity contribution in [3.63, 3.8) is 0 Å². The molecule has 1 N–H and O–H groups in total. The number of hydrogen-bond donors (Lipinski definition) is 1. The molecule has 0 aromatic heterocycles. The van der Waals surface area contributed by atoms with E-state index in [2.05, 4.69) is 10.5 Å². The number of rotatable bonds is 3. The molecule has 3 rings (SSSR count). The lowest BCUT2D eigenvalue weighted by Crippen LogP contribution is -2.36. The van der Waals surface area contributed by atoms with Crippen molar-refractivity contribution in [2.45, 2.75) is 25.0 Å². The number of carbonyl (C=O) groups is 1. The Hall–Kier alpha value is -1.88. The van der Waals surface area contributed by atoms with Crippen molar-refractivity contribution in [2.75, 3.05) is 20.1 Å². The van der Waals surface area contributed by atoms with Crippen molar-refractivity contribution < 1.29 is 9.63 Å². The quantitative estimate of drug-likeness (QED) is 0.899. The van der Waals surface area contributed by atoms with E-state index < -0.39 is 0 Å². The number of oxime groups is 1. The number of benzene rings is 1. The predicted molar refractivity (Wildman–Crippen MR) is 76.3 cm³/mol. The summed E-state index contributed by atoms with van der Waals surface area (Å²) in [4.78, 5) is 19.6. The summed E-state index contributed by atoms with van der Waals surface area (Å²) in [6.45, 7) is 2.29. The first-order chi connectivity index (χ1) is 9.69. The van der Waals surface area contributed by atoms with E-state index in [0.717, 1.165) is 25.1 Å². The van der Waals surface area contributed by atoms with E-state index in [9.17, 15) is 4.79 Å². The third-order valence-corrected chi connectivity index (χ3v) is 3.90. The maximum Gasteiger partial charge on any atom is 0.271 e. The summed E-state index contributed by atoms with van der Waals surface area (Å²) in [5, 5.41) is 7.28. The van der Waals surface area contributed by atoms with E-state index >= 15 is 0 Å². The maximum atomic E-state index is 12.4. The molecule has 20 heavy (non-hydrogen) atoms. The molecule has 2 aliphatic heterocycles. The zero-order valence-electron chi connectivity index (χ0n) is 11.6. The molecule has 1 unspecified atom stereocenters. The van der Waals surface area contributed by atoms with Crippen molar-refractivity contribution in [3.8, 4) is 0 Å². The molecule has 106 valence electrons. The fourth-order valence-electron chi connectivity index (χ4n) is 2.74. The number of carbonyl (C=O) groups excluding carboxylic acids is 1. The lowest BCUT2D eigenvalue weighted by atomic mass is 9.96. The summed E-state index contributed by atoms with van der Waals surface area (Å²) in [6, 6.07) is 9.95. The molecule has 2 aliphatic rings. The first-order valence-corrected chi connectivity index (χ1v) is 6.94. The van der Waals surface area contributed by atoms with Gasteiger partial charge in [-0.15, -0.1) is 0 Å². The highest BCUT2D eigenvalue weighted by Crippen LogP contribution is 2.30. The van der Waals surface area contributed by atoms with Crippen LogP contribution in [-0.4, -0.2) is 42.3 Å². The standard InChI is InChI=1S/C15H19N3O2/c1-18(10-12-5-3-2-4-6-12)14(19)13-9-15(20-17-13)7-8-16-11-15/h2-6,16H,7-11H2,1H3. The van der Waals surface area contributed by atoms with Crippen LogP contribution in [0.2, 0.25) is 0 Å². The molecule has 5 heteroatoms. The molecule has 1 saturated heterocycles. The average molecular weight is 273 g/mol. The number of nitrogens with zero attached hydrogens (tertiary/aromatic N) is 2. The Kier molecular flexibility index (Phi) is 3.44. The third-order valence-electron chi connectivity index (χ3n) is 3.90. The highest BCUT2D eigenvalue weighted by atomic mass is 16.7. The third kappa shape index (κ3) is 2.54. The van der Waals surface area contributed by atoms with Gasteiger partial charge in [-0.3, -0.25) is 4.79 Å². The van der Waals surface area contributed by atoms with Crippen LogP contribution in [0.5, 0.6) is 0 Å². The van der Waals surface area contributed by atoms with Crippen molar-refractivity contribution in [1.29, 1.82) is 0 Å². The summed E-state index contributed by atoms with van der Waals surface area (Å²) in [5.74, 6) is -0.0439. The fourth-order valence-corrected chi connectivity index (χ4v) is 2.74. The fraction of sp³-hybridized carbons (Fsp3) is 0.467. The topological polar surface area (TPSA) is 53.9 Å². The molecule has 1 aromatic carbocycles. The average Bonchev–Trinajstić information content (AvgIpc) is 3.10. The van der Waals surface area contributed by atoms with Gasteiger partial charge < -0.3 is 15.1 Å². The van der Waals surface area contributed by atoms with Gasteiger partial charge in [0.1, 0.15) is 5.71 Å². The van der Waals surface area contributed by atoms with E-state index in [1.54, 1.807) is 11.9 Å². The minimum absolute atomic E-state index is 0.0439. The molecule has 5 nitrogen and oxygen atoms in total. The van der Waals surface area contributed by atoms with Crippen LogP contribution in [0.15, 0.2) is 35.5 Å². The molecular weight excluding hydrogens is 254 g/mol. The van der Waals surface area contributed by atoms with E-state index in [-0.39, 0.29) is 11.5 Å². The maximum absolute atomic E-state index is 12.4. The van der Waals surface area contributed by atoms with Crippen molar-refractivity contribution in [1.82, 2.24) is 10.2 Å². The van der Waals surface area contributed by atoms with Crippen molar-refractivity contribution in [2.24, 2.45) is 5.16 Å². The molecular formula is C15H19N3O2. The van der Waals surface area contributed by atoms with Crippen LogP contribution in [0.1, 0.15) is 18.4 Å². The second-order valence-electron chi connectivity index (χ2n) is 5.56.